The van der Waals surface area contributed by atoms with E-state index in [1.54, 1.807) is 13.0 Å². The van der Waals surface area contributed by atoms with Crippen molar-refractivity contribution >= 4 is 28.9 Å². The van der Waals surface area contributed by atoms with Gasteiger partial charge in [0.25, 0.3) is 5.91 Å². The molecule has 0 bridgehead atoms. The van der Waals surface area contributed by atoms with Crippen LogP contribution in [0.3, 0.4) is 0 Å². The molecule has 1 aromatic carbocycles. The summed E-state index contributed by atoms with van der Waals surface area (Å²) in [7, 11) is 0. The zero-order valence-electron chi connectivity index (χ0n) is 14.7. The van der Waals surface area contributed by atoms with Gasteiger partial charge in [-0.15, -0.1) is 10.2 Å². The lowest BCUT2D eigenvalue weighted by molar-refractivity contribution is -0.141. The van der Waals surface area contributed by atoms with Crippen LogP contribution in [0.2, 0.25) is 5.02 Å². The van der Waals surface area contributed by atoms with Gasteiger partial charge in [0.05, 0.1) is 5.71 Å². The molecule has 0 saturated heterocycles. The highest BCUT2D eigenvalue weighted by Crippen LogP contribution is 2.29. The van der Waals surface area contributed by atoms with E-state index in [9.17, 15) is 4.79 Å². The molecule has 0 spiro atoms. The summed E-state index contributed by atoms with van der Waals surface area (Å²) in [4.78, 5) is 18.1. The largest absolute Gasteiger partial charge is 0.379 e. The van der Waals surface area contributed by atoms with Gasteiger partial charge in [-0.1, -0.05) is 41.0 Å². The van der Waals surface area contributed by atoms with Crippen molar-refractivity contribution in [2.24, 2.45) is 5.16 Å². The van der Waals surface area contributed by atoms with E-state index in [4.69, 9.17) is 16.4 Å². The minimum atomic E-state index is -1.05. The Morgan fingerprint density at radius 1 is 1.26 bits per heavy atom. The Morgan fingerprint density at radius 3 is 2.93 bits per heavy atom. The van der Waals surface area contributed by atoms with Gasteiger partial charge in [-0.05, 0) is 25.1 Å². The highest BCUT2D eigenvalue weighted by atomic mass is 35.5. The van der Waals surface area contributed by atoms with Gasteiger partial charge in [0.2, 0.25) is 5.60 Å². The third-order valence-corrected chi connectivity index (χ3v) is 4.88. The van der Waals surface area contributed by atoms with E-state index in [1.165, 1.54) is 0 Å². The third kappa shape index (κ3) is 3.38. The minimum absolute atomic E-state index is 0.220. The van der Waals surface area contributed by atoms with Gasteiger partial charge < -0.3 is 10.2 Å². The zero-order chi connectivity index (χ0) is 18.9. The Hall–Kier alpha value is -2.93. The van der Waals surface area contributed by atoms with Gasteiger partial charge in [-0.2, -0.15) is 0 Å². The van der Waals surface area contributed by atoms with E-state index in [2.05, 4.69) is 20.7 Å². The van der Waals surface area contributed by atoms with Crippen molar-refractivity contribution < 1.29 is 9.63 Å². The van der Waals surface area contributed by atoms with Crippen LogP contribution in [0.4, 0.5) is 0 Å². The summed E-state index contributed by atoms with van der Waals surface area (Å²) in [5, 5.41) is 15.8. The molecule has 0 aliphatic carbocycles. The SMILES string of the molecule is CC1(C(=O)NCCc2nnc3ccccn23)CC(c2ccccc2Cl)=NO1. The van der Waals surface area contributed by atoms with Crippen LogP contribution in [0.25, 0.3) is 5.65 Å². The third-order valence-electron chi connectivity index (χ3n) is 4.55. The molecule has 3 aromatic rings. The Balaban J connectivity index is 1.37. The molecule has 1 amide bonds. The van der Waals surface area contributed by atoms with Gasteiger partial charge in [-0.3, -0.25) is 9.20 Å². The van der Waals surface area contributed by atoms with E-state index in [-0.39, 0.29) is 5.91 Å². The number of halogens is 1. The number of amides is 1. The number of aromatic nitrogens is 3. The molecule has 0 fully saturated rings. The van der Waals surface area contributed by atoms with Crippen LogP contribution in [0.15, 0.2) is 53.8 Å². The van der Waals surface area contributed by atoms with E-state index < -0.39 is 5.60 Å². The molecule has 1 aliphatic rings. The number of carbonyl (C=O) groups excluding carboxylic acids is 1. The molecule has 1 N–H and O–H groups in total. The van der Waals surface area contributed by atoms with Crippen molar-refractivity contribution in [2.45, 2.75) is 25.4 Å². The van der Waals surface area contributed by atoms with Crippen LogP contribution in [-0.2, 0) is 16.1 Å². The van der Waals surface area contributed by atoms with E-state index in [1.807, 2.05) is 47.0 Å². The molecule has 138 valence electrons. The Kier molecular flexibility index (Phi) is 4.53. The normalized spacial score (nSPS) is 19.0. The Morgan fingerprint density at radius 2 is 2.07 bits per heavy atom. The number of hydrogen-bond acceptors (Lipinski definition) is 5. The fraction of sp³-hybridized carbons (Fsp3) is 0.263. The summed E-state index contributed by atoms with van der Waals surface area (Å²) in [5.74, 6) is 0.568. The van der Waals surface area contributed by atoms with Crippen molar-refractivity contribution in [3.05, 3.63) is 65.1 Å². The predicted octanol–water partition coefficient (Wildman–Crippen LogP) is 2.62. The first-order valence-electron chi connectivity index (χ1n) is 8.64. The first-order valence-corrected chi connectivity index (χ1v) is 9.01. The second kappa shape index (κ2) is 7.00. The molecule has 7 nitrogen and oxygen atoms in total. The molecule has 4 rings (SSSR count). The average Bonchev–Trinajstić information content (AvgIpc) is 3.27. The number of oxime groups is 1. The Labute approximate surface area is 161 Å². The number of fused-ring (bicyclic) bond motifs is 1. The van der Waals surface area contributed by atoms with Gasteiger partial charge in [-0.25, -0.2) is 0 Å². The van der Waals surface area contributed by atoms with Crippen LogP contribution in [0.5, 0.6) is 0 Å². The molecule has 0 saturated carbocycles. The number of hydrogen-bond donors (Lipinski definition) is 1. The first kappa shape index (κ1) is 17.5. The van der Waals surface area contributed by atoms with Crippen molar-refractivity contribution in [2.75, 3.05) is 6.54 Å². The lowest BCUT2D eigenvalue weighted by Crippen LogP contribution is -2.45. The van der Waals surface area contributed by atoms with Crippen molar-refractivity contribution in [1.29, 1.82) is 0 Å². The molecular weight excluding hydrogens is 366 g/mol. The van der Waals surface area contributed by atoms with Gasteiger partial charge in [0.1, 0.15) is 5.82 Å². The van der Waals surface area contributed by atoms with Gasteiger partial charge >= 0.3 is 0 Å². The lowest BCUT2D eigenvalue weighted by atomic mass is 9.95. The van der Waals surface area contributed by atoms with Crippen molar-refractivity contribution in [1.82, 2.24) is 19.9 Å². The first-order chi connectivity index (χ1) is 13.1. The van der Waals surface area contributed by atoms with E-state index in [0.717, 1.165) is 17.0 Å². The second-order valence-electron chi connectivity index (χ2n) is 6.57. The van der Waals surface area contributed by atoms with E-state index in [0.29, 0.717) is 30.1 Å². The topological polar surface area (TPSA) is 80.9 Å². The van der Waals surface area contributed by atoms with Crippen LogP contribution in [-0.4, -0.2) is 38.4 Å². The maximum Gasteiger partial charge on any atom is 0.267 e. The smallest absolute Gasteiger partial charge is 0.267 e. The van der Waals surface area contributed by atoms with Crippen LogP contribution >= 0.6 is 11.6 Å². The molecule has 1 aliphatic heterocycles. The summed E-state index contributed by atoms with van der Waals surface area (Å²) >= 11 is 6.21. The lowest BCUT2D eigenvalue weighted by Gasteiger charge is -2.20. The van der Waals surface area contributed by atoms with Gasteiger partial charge in [0.15, 0.2) is 5.65 Å². The minimum Gasteiger partial charge on any atom is -0.379 e. The maximum absolute atomic E-state index is 12.6. The summed E-state index contributed by atoms with van der Waals surface area (Å²) < 4.78 is 1.90. The van der Waals surface area contributed by atoms with Gasteiger partial charge in [0, 0.05) is 36.2 Å². The predicted molar refractivity (Wildman–Crippen MR) is 102 cm³/mol. The van der Waals surface area contributed by atoms with Crippen LogP contribution < -0.4 is 5.32 Å². The molecule has 1 unspecified atom stereocenters. The number of rotatable bonds is 5. The van der Waals surface area contributed by atoms with E-state index >= 15 is 0 Å². The summed E-state index contributed by atoms with van der Waals surface area (Å²) in [6, 6.07) is 13.1. The molecular formula is C19H18ClN5O2. The standard InChI is InChI=1S/C19H18ClN5O2/c1-19(12-15(24-27-19)13-6-2-3-7-14(13)20)18(26)21-10-9-17-23-22-16-8-4-5-11-25(16)17/h2-8,11H,9-10,12H2,1H3,(H,21,26). The number of benzene rings is 1. The second-order valence-corrected chi connectivity index (χ2v) is 6.97. The fourth-order valence-electron chi connectivity index (χ4n) is 3.04. The molecule has 27 heavy (non-hydrogen) atoms. The molecule has 0 radical (unpaired) electrons. The Bertz CT molecular complexity index is 1030. The highest BCUT2D eigenvalue weighted by Gasteiger charge is 2.42. The highest BCUT2D eigenvalue weighted by molar-refractivity contribution is 6.34. The number of nitrogens with one attached hydrogen (secondary N) is 1. The molecule has 8 heteroatoms. The summed E-state index contributed by atoms with van der Waals surface area (Å²) in [6.45, 7) is 2.15. The summed E-state index contributed by atoms with van der Waals surface area (Å²) in [5.41, 5.74) is 1.18. The number of pyridine rings is 1. The molecule has 2 aromatic heterocycles. The maximum atomic E-state index is 12.6. The quantitative estimate of drug-likeness (QED) is 0.734. The van der Waals surface area contributed by atoms with Crippen molar-refractivity contribution in [3.63, 3.8) is 0 Å². The number of nitrogens with zero attached hydrogens (tertiary/aromatic N) is 4. The summed E-state index contributed by atoms with van der Waals surface area (Å²) in [6.07, 6.45) is 2.82. The van der Waals surface area contributed by atoms with Crippen molar-refractivity contribution in [3.8, 4) is 0 Å². The zero-order valence-corrected chi connectivity index (χ0v) is 15.5. The monoisotopic (exact) mass is 383 g/mol. The van der Waals surface area contributed by atoms with Crippen LogP contribution in [0, 0.1) is 0 Å². The molecule has 3 heterocycles. The fourth-order valence-corrected chi connectivity index (χ4v) is 3.28. The molecule has 1 atom stereocenters. The van der Waals surface area contributed by atoms with Crippen LogP contribution in [0.1, 0.15) is 24.7 Å². The average molecular weight is 384 g/mol. The number of carbonyl (C=O) groups is 1.